The maximum atomic E-state index is 12.0. The molecule has 0 fully saturated rings. The van der Waals surface area contributed by atoms with E-state index in [9.17, 15) is 18.0 Å². The maximum Gasteiger partial charge on any atom is 0.405 e. The number of aromatic nitrogens is 2. The van der Waals surface area contributed by atoms with E-state index in [2.05, 4.69) is 20.8 Å². The minimum absolute atomic E-state index is 0.0902. The second-order valence-electron chi connectivity index (χ2n) is 4.33. The molecule has 5 nitrogen and oxygen atoms in total. The Hall–Kier alpha value is -1.03. The molecule has 0 radical (unpaired) electrons. The van der Waals surface area contributed by atoms with Gasteiger partial charge in [-0.15, -0.1) is 10.2 Å². The molecule has 1 aromatic heterocycles. The van der Waals surface area contributed by atoms with Crippen molar-refractivity contribution in [3.05, 3.63) is 0 Å². The van der Waals surface area contributed by atoms with Gasteiger partial charge in [-0.3, -0.25) is 4.79 Å². The molecular weight excluding hydrogens is 313 g/mol. The van der Waals surface area contributed by atoms with Crippen molar-refractivity contribution in [1.82, 2.24) is 15.5 Å². The number of hydrogen-bond donors (Lipinski definition) is 2. The van der Waals surface area contributed by atoms with Gasteiger partial charge in [-0.2, -0.15) is 13.2 Å². The summed E-state index contributed by atoms with van der Waals surface area (Å²) in [7, 11) is 0. The van der Waals surface area contributed by atoms with Gasteiger partial charge in [0.15, 0.2) is 4.34 Å². The smallest absolute Gasteiger partial charge is 0.355 e. The van der Waals surface area contributed by atoms with Gasteiger partial charge in [-0.05, 0) is 5.92 Å². The first kappa shape index (κ1) is 17.0. The molecule has 0 saturated carbocycles. The van der Waals surface area contributed by atoms with Crippen molar-refractivity contribution >= 4 is 34.1 Å². The molecule has 1 heterocycles. The summed E-state index contributed by atoms with van der Waals surface area (Å²) >= 11 is 2.14. The van der Waals surface area contributed by atoms with E-state index in [0.717, 1.165) is 23.1 Å². The molecule has 10 heteroatoms. The van der Waals surface area contributed by atoms with E-state index in [0.29, 0.717) is 16.8 Å². The summed E-state index contributed by atoms with van der Waals surface area (Å²) in [5.41, 5.74) is 0. The molecule has 1 aromatic rings. The Morgan fingerprint density at radius 1 is 1.40 bits per heavy atom. The number of amides is 1. The van der Waals surface area contributed by atoms with E-state index in [1.54, 1.807) is 0 Å². The third-order valence-electron chi connectivity index (χ3n) is 1.88. The van der Waals surface area contributed by atoms with Crippen molar-refractivity contribution in [2.45, 2.75) is 24.4 Å². The van der Waals surface area contributed by atoms with Crippen LogP contribution in [0.5, 0.6) is 0 Å². The predicted molar refractivity (Wildman–Crippen MR) is 73.0 cm³/mol. The highest BCUT2D eigenvalue weighted by Gasteiger charge is 2.27. The summed E-state index contributed by atoms with van der Waals surface area (Å²) in [6.07, 6.45) is -4.30. The van der Waals surface area contributed by atoms with Crippen LogP contribution in [0.25, 0.3) is 0 Å². The second kappa shape index (κ2) is 7.67. The lowest BCUT2D eigenvalue weighted by Crippen LogP contribution is -2.28. The molecule has 0 atom stereocenters. The van der Waals surface area contributed by atoms with E-state index in [-0.39, 0.29) is 16.8 Å². The van der Waals surface area contributed by atoms with Gasteiger partial charge < -0.3 is 10.6 Å². The van der Waals surface area contributed by atoms with Crippen LogP contribution in [-0.4, -0.2) is 41.1 Å². The Morgan fingerprint density at radius 2 is 2.10 bits per heavy atom. The highest BCUT2D eigenvalue weighted by molar-refractivity contribution is 8.01. The van der Waals surface area contributed by atoms with Crippen molar-refractivity contribution in [1.29, 1.82) is 0 Å². The van der Waals surface area contributed by atoms with Gasteiger partial charge in [0.1, 0.15) is 6.54 Å². The van der Waals surface area contributed by atoms with Crippen molar-refractivity contribution in [3.8, 4) is 0 Å². The molecule has 0 unspecified atom stereocenters. The summed E-state index contributed by atoms with van der Waals surface area (Å²) in [5.74, 6) is 0.396. The predicted octanol–water partition coefficient (Wildman–Crippen LogP) is 2.38. The summed E-state index contributed by atoms with van der Waals surface area (Å²) in [6.45, 7) is 3.41. The van der Waals surface area contributed by atoms with Crippen molar-refractivity contribution in [3.63, 3.8) is 0 Å². The van der Waals surface area contributed by atoms with Gasteiger partial charge in [0.05, 0.1) is 5.75 Å². The van der Waals surface area contributed by atoms with E-state index in [1.807, 2.05) is 13.8 Å². The van der Waals surface area contributed by atoms with Crippen LogP contribution in [0.4, 0.5) is 18.3 Å². The molecular formula is C10H15F3N4OS2. The number of alkyl halides is 3. The lowest BCUT2D eigenvalue weighted by Gasteiger charge is -2.06. The monoisotopic (exact) mass is 328 g/mol. The first-order chi connectivity index (χ1) is 9.26. The fourth-order valence-corrected chi connectivity index (χ4v) is 2.59. The minimum Gasteiger partial charge on any atom is -0.355 e. The summed E-state index contributed by atoms with van der Waals surface area (Å²) in [5, 5.41) is 12.2. The van der Waals surface area contributed by atoms with Crippen LogP contribution in [0.3, 0.4) is 0 Å². The van der Waals surface area contributed by atoms with E-state index >= 15 is 0 Å². The number of hydrogen-bond acceptors (Lipinski definition) is 6. The Labute approximate surface area is 122 Å². The lowest BCUT2D eigenvalue weighted by atomic mass is 10.2. The van der Waals surface area contributed by atoms with Gasteiger partial charge in [0.2, 0.25) is 11.0 Å². The summed E-state index contributed by atoms with van der Waals surface area (Å²) in [6, 6.07) is 0. The van der Waals surface area contributed by atoms with Crippen LogP contribution < -0.4 is 10.6 Å². The molecule has 0 aromatic carbocycles. The Bertz CT molecular complexity index is 436. The SMILES string of the molecule is CC(C)CNC(=O)CSc1nnc(NCC(F)(F)F)s1. The van der Waals surface area contributed by atoms with Crippen LogP contribution in [0.1, 0.15) is 13.8 Å². The molecule has 0 aliphatic carbocycles. The second-order valence-corrected chi connectivity index (χ2v) is 6.53. The molecule has 1 rings (SSSR count). The average Bonchev–Trinajstić information content (AvgIpc) is 2.78. The molecule has 0 aliphatic heterocycles. The zero-order valence-corrected chi connectivity index (χ0v) is 12.6. The third-order valence-corrected chi connectivity index (χ3v) is 3.90. The van der Waals surface area contributed by atoms with Gasteiger partial charge in [-0.25, -0.2) is 0 Å². The molecule has 0 aliphatic rings. The average molecular weight is 328 g/mol. The first-order valence-corrected chi connectivity index (χ1v) is 7.60. The van der Waals surface area contributed by atoms with E-state index in [1.165, 1.54) is 0 Å². The van der Waals surface area contributed by atoms with Crippen LogP contribution in [0.15, 0.2) is 4.34 Å². The zero-order chi connectivity index (χ0) is 15.2. The Balaban J connectivity index is 2.31. The van der Waals surface area contributed by atoms with E-state index < -0.39 is 12.7 Å². The number of rotatable bonds is 7. The van der Waals surface area contributed by atoms with Crippen LogP contribution in [0, 0.1) is 5.92 Å². The van der Waals surface area contributed by atoms with Gasteiger partial charge >= 0.3 is 6.18 Å². The van der Waals surface area contributed by atoms with Crippen molar-refractivity contribution in [2.24, 2.45) is 5.92 Å². The number of carbonyl (C=O) groups excluding carboxylic acids is 1. The minimum atomic E-state index is -4.30. The zero-order valence-electron chi connectivity index (χ0n) is 11.0. The number of anilines is 1. The molecule has 0 bridgehead atoms. The first-order valence-electron chi connectivity index (χ1n) is 5.80. The standard InChI is InChI=1S/C10H15F3N4OS2/c1-6(2)3-14-7(18)4-19-9-17-16-8(20-9)15-5-10(11,12)13/h6H,3-5H2,1-2H3,(H,14,18)(H,15,16). The third kappa shape index (κ3) is 7.53. The largest absolute Gasteiger partial charge is 0.405 e. The van der Waals surface area contributed by atoms with Gasteiger partial charge in [0.25, 0.3) is 0 Å². The van der Waals surface area contributed by atoms with Crippen LogP contribution >= 0.6 is 23.1 Å². The highest BCUT2D eigenvalue weighted by atomic mass is 32.2. The normalized spacial score (nSPS) is 11.7. The number of thioether (sulfide) groups is 1. The van der Waals surface area contributed by atoms with Crippen molar-refractivity contribution in [2.75, 3.05) is 24.2 Å². The molecule has 0 spiro atoms. The Morgan fingerprint density at radius 3 is 2.70 bits per heavy atom. The van der Waals surface area contributed by atoms with Crippen molar-refractivity contribution < 1.29 is 18.0 Å². The maximum absolute atomic E-state index is 12.0. The van der Waals surface area contributed by atoms with E-state index in [4.69, 9.17) is 0 Å². The topological polar surface area (TPSA) is 66.9 Å². The van der Waals surface area contributed by atoms with Gasteiger partial charge in [-0.1, -0.05) is 36.9 Å². The number of halogens is 3. The van der Waals surface area contributed by atoms with Gasteiger partial charge in [0, 0.05) is 6.54 Å². The quantitative estimate of drug-likeness (QED) is 0.752. The fraction of sp³-hybridized carbons (Fsp3) is 0.700. The summed E-state index contributed by atoms with van der Waals surface area (Å²) in [4.78, 5) is 11.4. The number of nitrogens with one attached hydrogen (secondary N) is 2. The fourth-order valence-electron chi connectivity index (χ4n) is 1.01. The molecule has 114 valence electrons. The number of nitrogens with zero attached hydrogens (tertiary/aromatic N) is 2. The van der Waals surface area contributed by atoms with Crippen LogP contribution in [0.2, 0.25) is 0 Å². The molecule has 2 N–H and O–H groups in total. The molecule has 20 heavy (non-hydrogen) atoms. The number of carbonyl (C=O) groups is 1. The molecule has 1 amide bonds. The lowest BCUT2D eigenvalue weighted by molar-refractivity contribution is -0.118. The summed E-state index contributed by atoms with van der Waals surface area (Å²) < 4.78 is 36.4. The van der Waals surface area contributed by atoms with Crippen LogP contribution in [-0.2, 0) is 4.79 Å². The highest BCUT2D eigenvalue weighted by Crippen LogP contribution is 2.26. The Kier molecular flexibility index (Phi) is 6.53. The molecule has 0 saturated heterocycles.